The second kappa shape index (κ2) is 12.7. The Bertz CT molecular complexity index is 1600. The van der Waals surface area contributed by atoms with Gasteiger partial charge in [-0.15, -0.1) is 0 Å². The Kier molecular flexibility index (Phi) is 9.04. The van der Waals surface area contributed by atoms with E-state index < -0.39 is 5.60 Å². The summed E-state index contributed by atoms with van der Waals surface area (Å²) in [5.41, 5.74) is 4.13. The number of hydrogen-bond donors (Lipinski definition) is 1. The molecule has 0 atom stereocenters. The number of amides is 1. The van der Waals surface area contributed by atoms with Crippen molar-refractivity contribution in [3.8, 4) is 0 Å². The number of nitrogens with zero attached hydrogens (tertiary/aromatic N) is 3. The highest BCUT2D eigenvalue weighted by Crippen LogP contribution is 2.42. The van der Waals surface area contributed by atoms with Crippen molar-refractivity contribution in [1.82, 2.24) is 14.0 Å². The molecule has 8 nitrogen and oxygen atoms in total. The molecule has 0 aliphatic heterocycles. The molecule has 0 bridgehead atoms. The SMILES string of the molecule is C/C=C(\c1ccn(Cc2ccc3cc(CCN(C(=O)OC(C)(C)C)C4CCCCC4)n(C=O)c3c2)c(=O)c1C=N)C1CC1. The number of hydrogen-bond acceptors (Lipinski definition) is 5. The van der Waals surface area contributed by atoms with E-state index in [1.807, 2.05) is 69.1 Å². The molecule has 43 heavy (non-hydrogen) atoms. The second-order valence-electron chi connectivity index (χ2n) is 13.0. The van der Waals surface area contributed by atoms with Crippen LogP contribution in [0.4, 0.5) is 4.79 Å². The van der Waals surface area contributed by atoms with Gasteiger partial charge < -0.3 is 19.6 Å². The van der Waals surface area contributed by atoms with Gasteiger partial charge in [0.2, 0.25) is 6.41 Å². The van der Waals surface area contributed by atoms with Gasteiger partial charge in [-0.1, -0.05) is 37.5 Å². The number of allylic oxidation sites excluding steroid dienone is 2. The van der Waals surface area contributed by atoms with Crippen molar-refractivity contribution in [2.45, 2.75) is 97.2 Å². The number of carbonyl (C=O) groups is 2. The van der Waals surface area contributed by atoms with Crippen LogP contribution in [0.3, 0.4) is 0 Å². The molecule has 3 aromatic rings. The molecular weight excluding hydrogens is 540 g/mol. The fourth-order valence-electron chi connectivity index (χ4n) is 6.42. The summed E-state index contributed by atoms with van der Waals surface area (Å²) in [6.07, 6.45) is 13.7. The molecule has 2 aromatic heterocycles. The topological polar surface area (TPSA) is 97.4 Å². The molecule has 8 heteroatoms. The van der Waals surface area contributed by atoms with Crippen LogP contribution in [0.2, 0.25) is 0 Å². The van der Waals surface area contributed by atoms with E-state index >= 15 is 0 Å². The van der Waals surface area contributed by atoms with Crippen molar-refractivity contribution in [3.05, 3.63) is 75.3 Å². The van der Waals surface area contributed by atoms with Crippen LogP contribution in [0.1, 0.15) is 95.0 Å². The summed E-state index contributed by atoms with van der Waals surface area (Å²) in [7, 11) is 0. The number of benzene rings is 1. The highest BCUT2D eigenvalue weighted by molar-refractivity contribution is 5.88. The first-order chi connectivity index (χ1) is 20.6. The van der Waals surface area contributed by atoms with E-state index in [1.54, 1.807) is 9.13 Å². The van der Waals surface area contributed by atoms with Gasteiger partial charge in [0.1, 0.15) is 5.60 Å². The van der Waals surface area contributed by atoms with Crippen LogP contribution in [-0.2, 0) is 22.5 Å². The summed E-state index contributed by atoms with van der Waals surface area (Å²) < 4.78 is 9.04. The van der Waals surface area contributed by atoms with Gasteiger partial charge >= 0.3 is 6.09 Å². The Morgan fingerprint density at radius 1 is 1.09 bits per heavy atom. The molecular formula is C35H44N4O4. The first kappa shape index (κ1) is 30.5. The van der Waals surface area contributed by atoms with E-state index in [4.69, 9.17) is 10.1 Å². The molecule has 2 fully saturated rings. The van der Waals surface area contributed by atoms with Crippen molar-refractivity contribution < 1.29 is 14.3 Å². The van der Waals surface area contributed by atoms with Crippen LogP contribution in [0, 0.1) is 11.3 Å². The second-order valence-corrected chi connectivity index (χ2v) is 13.0. The summed E-state index contributed by atoms with van der Waals surface area (Å²) in [6.45, 7) is 8.44. The predicted octanol–water partition coefficient (Wildman–Crippen LogP) is 6.81. The molecule has 2 heterocycles. The molecule has 0 spiro atoms. The van der Waals surface area contributed by atoms with Crippen molar-refractivity contribution in [2.24, 2.45) is 5.92 Å². The Morgan fingerprint density at radius 2 is 1.84 bits per heavy atom. The third-order valence-electron chi connectivity index (χ3n) is 8.68. The van der Waals surface area contributed by atoms with Crippen LogP contribution < -0.4 is 5.56 Å². The summed E-state index contributed by atoms with van der Waals surface area (Å²) in [5, 5.41) is 8.89. The van der Waals surface area contributed by atoms with Gasteiger partial charge in [-0.3, -0.25) is 14.2 Å². The minimum atomic E-state index is -0.577. The lowest BCUT2D eigenvalue weighted by molar-refractivity contribution is 0.0124. The van der Waals surface area contributed by atoms with E-state index in [2.05, 4.69) is 6.08 Å². The van der Waals surface area contributed by atoms with Crippen molar-refractivity contribution in [3.63, 3.8) is 0 Å². The number of carbonyl (C=O) groups excluding carboxylic acids is 2. The van der Waals surface area contributed by atoms with Crippen molar-refractivity contribution >= 4 is 35.2 Å². The van der Waals surface area contributed by atoms with Crippen LogP contribution >= 0.6 is 0 Å². The normalized spacial score (nSPS) is 16.3. The number of fused-ring (bicyclic) bond motifs is 1. The smallest absolute Gasteiger partial charge is 0.410 e. The van der Waals surface area contributed by atoms with Gasteiger partial charge in [0.05, 0.1) is 17.6 Å². The largest absolute Gasteiger partial charge is 0.444 e. The van der Waals surface area contributed by atoms with Crippen LogP contribution in [0.15, 0.2) is 47.4 Å². The van der Waals surface area contributed by atoms with E-state index in [0.29, 0.717) is 31.0 Å². The molecule has 5 rings (SSSR count). The zero-order valence-electron chi connectivity index (χ0n) is 25.9. The lowest BCUT2D eigenvalue weighted by Crippen LogP contribution is -2.45. The van der Waals surface area contributed by atoms with E-state index in [1.165, 1.54) is 12.6 Å². The van der Waals surface area contributed by atoms with E-state index in [0.717, 1.165) is 78.2 Å². The average molecular weight is 585 g/mol. The molecule has 1 N–H and O–H groups in total. The van der Waals surface area contributed by atoms with E-state index in [9.17, 15) is 14.4 Å². The average Bonchev–Trinajstić information content (AvgIpc) is 3.75. The van der Waals surface area contributed by atoms with Crippen molar-refractivity contribution in [2.75, 3.05) is 6.54 Å². The zero-order chi connectivity index (χ0) is 30.7. The Morgan fingerprint density at radius 3 is 2.47 bits per heavy atom. The van der Waals surface area contributed by atoms with Gasteiger partial charge in [-0.2, -0.15) is 0 Å². The monoisotopic (exact) mass is 584 g/mol. The third-order valence-corrected chi connectivity index (χ3v) is 8.68. The summed E-state index contributed by atoms with van der Waals surface area (Å²) >= 11 is 0. The Balaban J connectivity index is 1.39. The molecule has 2 aliphatic carbocycles. The number of ether oxygens (including phenoxy) is 1. The molecule has 2 aliphatic rings. The maximum atomic E-state index is 13.4. The lowest BCUT2D eigenvalue weighted by Gasteiger charge is -2.35. The van der Waals surface area contributed by atoms with Crippen LogP contribution in [-0.4, -0.2) is 50.9 Å². The minimum Gasteiger partial charge on any atom is -0.444 e. The van der Waals surface area contributed by atoms with Gasteiger partial charge in [-0.05, 0) is 94.2 Å². The Labute approximate surface area is 253 Å². The van der Waals surface area contributed by atoms with Gasteiger partial charge in [-0.25, -0.2) is 4.79 Å². The molecule has 228 valence electrons. The fraction of sp³-hybridized carbons (Fsp3) is 0.486. The van der Waals surface area contributed by atoms with Crippen molar-refractivity contribution in [1.29, 1.82) is 5.41 Å². The Hall–Kier alpha value is -3.94. The van der Waals surface area contributed by atoms with Crippen LogP contribution in [0.25, 0.3) is 16.5 Å². The standard InChI is InChI=1S/C35H44N4O4/c1-5-29(25-13-14-25)30-16-17-37(33(41)31(30)21-36)22-24-11-12-26-20-28(39(23-40)32(26)19-24)15-18-38(27-9-7-6-8-10-27)34(42)43-35(2,3)4/h5,11-12,16-17,19-21,23,25,27,36H,6-10,13-15,18,22H2,1-4H3/b29-5-,36-21?. The van der Waals surface area contributed by atoms with E-state index in [-0.39, 0.29) is 17.7 Å². The third kappa shape index (κ3) is 6.84. The lowest BCUT2D eigenvalue weighted by atomic mass is 9.94. The molecule has 0 unspecified atom stereocenters. The maximum Gasteiger partial charge on any atom is 0.410 e. The molecule has 2 saturated carbocycles. The number of rotatable bonds is 10. The zero-order valence-corrected chi connectivity index (χ0v) is 25.9. The molecule has 1 amide bonds. The van der Waals surface area contributed by atoms with Gasteiger partial charge in [0.25, 0.3) is 5.56 Å². The quantitative estimate of drug-likeness (QED) is 0.209. The number of pyridine rings is 1. The van der Waals surface area contributed by atoms with Gasteiger partial charge in [0, 0.05) is 42.5 Å². The summed E-state index contributed by atoms with van der Waals surface area (Å²) in [4.78, 5) is 40.8. The maximum absolute atomic E-state index is 13.4. The molecule has 1 aromatic carbocycles. The molecule has 0 saturated heterocycles. The first-order valence-corrected chi connectivity index (χ1v) is 15.6. The highest BCUT2D eigenvalue weighted by atomic mass is 16.6. The predicted molar refractivity (Wildman–Crippen MR) is 172 cm³/mol. The first-order valence-electron chi connectivity index (χ1n) is 15.6. The number of nitrogens with one attached hydrogen (secondary N) is 1. The summed E-state index contributed by atoms with van der Waals surface area (Å²) in [6, 6.07) is 10.00. The molecule has 0 radical (unpaired) electrons. The highest BCUT2D eigenvalue weighted by Gasteiger charge is 2.30. The summed E-state index contributed by atoms with van der Waals surface area (Å²) in [5.74, 6) is 0.477. The van der Waals surface area contributed by atoms with Gasteiger partial charge in [0.15, 0.2) is 0 Å². The fourth-order valence-corrected chi connectivity index (χ4v) is 6.42. The van der Waals surface area contributed by atoms with Crippen LogP contribution in [0.5, 0.6) is 0 Å². The minimum absolute atomic E-state index is 0.146. The number of aromatic nitrogens is 2.